The predicted octanol–water partition coefficient (Wildman–Crippen LogP) is 3.09. The molecule has 24 heavy (non-hydrogen) atoms. The highest BCUT2D eigenvalue weighted by atomic mass is 32.3. The number of benzene rings is 1. The number of halogens is 1. The van der Waals surface area contributed by atoms with Gasteiger partial charge in [-0.3, -0.25) is 8.57 Å². The van der Waals surface area contributed by atoms with E-state index < -0.39 is 10.6 Å². The first kappa shape index (κ1) is 16.6. The lowest BCUT2D eigenvalue weighted by atomic mass is 9.93. The number of fused-ring (bicyclic) bond motifs is 2. The van der Waals surface area contributed by atoms with Gasteiger partial charge in [0.1, 0.15) is 5.25 Å². The Morgan fingerprint density at radius 1 is 1.33 bits per heavy atom. The van der Waals surface area contributed by atoms with Crippen LogP contribution in [-0.4, -0.2) is 49.0 Å². The Morgan fingerprint density at radius 2 is 2.04 bits per heavy atom. The lowest BCUT2D eigenvalue weighted by Crippen LogP contribution is -2.39. The van der Waals surface area contributed by atoms with Crippen LogP contribution in [0, 0.1) is 5.41 Å². The SMILES string of the molecule is COC(c1ccc(N2C[C@@H]3CC2CS3([OH2+])OC)cc1)C1(CF)CC1. The molecule has 1 saturated carbocycles. The average Bonchev–Trinajstić information content (AvgIpc) is 3.18. The molecule has 6 heteroatoms. The van der Waals surface area contributed by atoms with Crippen molar-refractivity contribution in [3.63, 3.8) is 0 Å². The van der Waals surface area contributed by atoms with Gasteiger partial charge in [0.15, 0.2) is 0 Å². The minimum Gasteiger partial charge on any atom is -0.376 e. The largest absolute Gasteiger partial charge is 0.376 e. The molecule has 2 heterocycles. The molecule has 4 atom stereocenters. The van der Waals surface area contributed by atoms with Crippen molar-refractivity contribution < 1.29 is 17.9 Å². The molecule has 4 rings (SSSR count). The van der Waals surface area contributed by atoms with Crippen molar-refractivity contribution in [2.24, 2.45) is 5.41 Å². The van der Waals surface area contributed by atoms with Crippen LogP contribution in [0.15, 0.2) is 24.3 Å². The Labute approximate surface area is 144 Å². The van der Waals surface area contributed by atoms with E-state index in [-0.39, 0.29) is 18.2 Å². The molecule has 3 fully saturated rings. The average molecular weight is 356 g/mol. The molecule has 2 aliphatic heterocycles. The number of anilines is 1. The minimum absolute atomic E-state index is 0.148. The standard InChI is InChI=1S/C18H26FNO3S/c1-22-17(18(12-19)7-8-18)13-3-5-14(6-4-13)20-10-16-9-15(20)11-24(16,21)23-2/h3-6,15-17,21H,7-12H2,1-2H3/p+1/t15?,16-,17?/m0/s1. The number of hydrogen-bond donors (Lipinski definition) is 0. The molecule has 0 spiro atoms. The molecule has 1 aromatic rings. The van der Waals surface area contributed by atoms with Gasteiger partial charge in [0, 0.05) is 24.8 Å². The lowest BCUT2D eigenvalue weighted by Gasteiger charge is -2.41. The normalized spacial score (nSPS) is 37.2. The fourth-order valence-electron chi connectivity index (χ4n) is 4.46. The number of methoxy groups -OCH3 is 1. The molecule has 4 nitrogen and oxygen atoms in total. The van der Waals surface area contributed by atoms with Crippen molar-refractivity contribution in [3.8, 4) is 0 Å². The van der Waals surface area contributed by atoms with Gasteiger partial charge in [0.2, 0.25) is 0 Å². The van der Waals surface area contributed by atoms with Crippen molar-refractivity contribution >= 4 is 16.3 Å². The number of alkyl halides is 1. The second kappa shape index (κ2) is 5.87. The molecule has 2 saturated heterocycles. The van der Waals surface area contributed by atoms with Gasteiger partial charge < -0.3 is 14.2 Å². The summed E-state index contributed by atoms with van der Waals surface area (Å²) in [6.45, 7) is 0.604. The smallest absolute Gasteiger partial charge is 0.107 e. The van der Waals surface area contributed by atoms with Gasteiger partial charge in [-0.2, -0.15) is 0 Å². The minimum atomic E-state index is -1.62. The Bertz CT molecular complexity index is 609. The van der Waals surface area contributed by atoms with Crippen molar-refractivity contribution in [1.29, 1.82) is 0 Å². The number of rotatable bonds is 6. The Kier molecular flexibility index (Phi) is 4.07. The molecule has 0 amide bonds. The van der Waals surface area contributed by atoms with Crippen molar-refractivity contribution in [2.45, 2.75) is 36.7 Å². The highest BCUT2D eigenvalue weighted by Crippen LogP contribution is 2.61. The van der Waals surface area contributed by atoms with Crippen LogP contribution in [0.1, 0.15) is 30.9 Å². The quantitative estimate of drug-likeness (QED) is 0.736. The fourth-order valence-corrected chi connectivity index (χ4v) is 6.96. The van der Waals surface area contributed by atoms with Crippen LogP contribution in [-0.2, 0) is 8.92 Å². The molecule has 2 bridgehead atoms. The zero-order chi connectivity index (χ0) is 16.9. The predicted molar refractivity (Wildman–Crippen MR) is 96.5 cm³/mol. The first-order chi connectivity index (χ1) is 11.5. The van der Waals surface area contributed by atoms with Gasteiger partial charge in [-0.15, -0.1) is 10.6 Å². The third kappa shape index (κ3) is 2.46. The summed E-state index contributed by atoms with van der Waals surface area (Å²) in [5.74, 6) is 0.849. The summed E-state index contributed by atoms with van der Waals surface area (Å²) in [6, 6.07) is 8.85. The van der Waals surface area contributed by atoms with Crippen molar-refractivity contribution in [3.05, 3.63) is 29.8 Å². The topological polar surface area (TPSA) is 44.6 Å². The highest BCUT2D eigenvalue weighted by Gasteiger charge is 2.52. The Morgan fingerprint density at radius 3 is 2.50 bits per heavy atom. The first-order valence-electron chi connectivity index (χ1n) is 8.61. The zero-order valence-corrected chi connectivity index (χ0v) is 15.2. The molecule has 1 aromatic carbocycles. The molecule has 3 aliphatic rings. The van der Waals surface area contributed by atoms with Crippen molar-refractivity contribution in [2.75, 3.05) is 38.1 Å². The van der Waals surface area contributed by atoms with Crippen LogP contribution in [0.3, 0.4) is 0 Å². The van der Waals surface area contributed by atoms with Crippen LogP contribution in [0.25, 0.3) is 0 Å². The number of nitrogens with zero attached hydrogens (tertiary/aromatic N) is 1. The maximum atomic E-state index is 13.4. The first-order valence-corrected chi connectivity index (χ1v) is 10.4. The lowest BCUT2D eigenvalue weighted by molar-refractivity contribution is 0.0271. The molecule has 0 radical (unpaired) electrons. The van der Waals surface area contributed by atoms with E-state index >= 15 is 0 Å². The maximum Gasteiger partial charge on any atom is 0.107 e. The van der Waals surface area contributed by atoms with Gasteiger partial charge in [-0.1, -0.05) is 12.1 Å². The molecule has 0 aromatic heterocycles. The Balaban J connectivity index is 1.50. The van der Waals surface area contributed by atoms with E-state index in [1.165, 1.54) is 5.69 Å². The molecule has 1 aliphatic carbocycles. The van der Waals surface area contributed by atoms with E-state index in [0.717, 1.165) is 37.1 Å². The summed E-state index contributed by atoms with van der Waals surface area (Å²) in [6.07, 6.45) is 2.74. The van der Waals surface area contributed by atoms with Crippen LogP contribution in [0.5, 0.6) is 0 Å². The summed E-state index contributed by atoms with van der Waals surface area (Å²) in [7, 11) is 1.74. The Hall–Kier alpha value is -0.820. The second-order valence-electron chi connectivity index (χ2n) is 7.43. The highest BCUT2D eigenvalue weighted by molar-refractivity contribution is 8.26. The third-order valence-electron chi connectivity index (χ3n) is 6.13. The summed E-state index contributed by atoms with van der Waals surface area (Å²) in [5.41, 5.74) is 1.97. The third-order valence-corrected chi connectivity index (χ3v) is 9.02. The summed E-state index contributed by atoms with van der Waals surface area (Å²) >= 11 is 0. The zero-order valence-electron chi connectivity index (χ0n) is 14.3. The van der Waals surface area contributed by atoms with Gasteiger partial charge in [0.05, 0.1) is 31.7 Å². The molecular weight excluding hydrogens is 329 g/mol. The molecular formula is C18H27FNO3S+. The van der Waals surface area contributed by atoms with E-state index in [0.29, 0.717) is 11.3 Å². The fraction of sp³-hybridized carbons (Fsp3) is 0.667. The second-order valence-corrected chi connectivity index (χ2v) is 10.2. The van der Waals surface area contributed by atoms with E-state index in [2.05, 4.69) is 29.2 Å². The van der Waals surface area contributed by atoms with Crippen LogP contribution < -0.4 is 4.90 Å². The van der Waals surface area contributed by atoms with E-state index in [4.69, 9.17) is 13.5 Å². The van der Waals surface area contributed by atoms with E-state index in [1.54, 1.807) is 14.2 Å². The maximum absolute atomic E-state index is 13.4. The summed E-state index contributed by atoms with van der Waals surface area (Å²) in [5, 5.41) is 0.361. The number of ether oxygens (including phenoxy) is 1. The summed E-state index contributed by atoms with van der Waals surface area (Å²) < 4.78 is 33.0. The van der Waals surface area contributed by atoms with E-state index in [9.17, 15) is 4.39 Å². The monoisotopic (exact) mass is 356 g/mol. The van der Waals surface area contributed by atoms with Gasteiger partial charge in [-0.05, 0) is 37.0 Å². The summed E-state index contributed by atoms with van der Waals surface area (Å²) in [4.78, 5) is 2.41. The van der Waals surface area contributed by atoms with Crippen LogP contribution in [0.4, 0.5) is 10.1 Å². The van der Waals surface area contributed by atoms with Gasteiger partial charge in [0.25, 0.3) is 0 Å². The van der Waals surface area contributed by atoms with Crippen LogP contribution >= 0.6 is 10.6 Å². The molecule has 134 valence electrons. The molecule has 2 N–H and O–H groups in total. The number of hydrogen-bond acceptors (Lipinski definition) is 3. The molecule has 3 unspecified atom stereocenters. The van der Waals surface area contributed by atoms with Crippen molar-refractivity contribution in [1.82, 2.24) is 0 Å². The van der Waals surface area contributed by atoms with E-state index in [1.807, 2.05) is 0 Å². The van der Waals surface area contributed by atoms with Gasteiger partial charge in [-0.25, -0.2) is 0 Å². The van der Waals surface area contributed by atoms with Crippen LogP contribution in [0.2, 0.25) is 0 Å². The van der Waals surface area contributed by atoms with Gasteiger partial charge >= 0.3 is 0 Å².